The maximum absolute atomic E-state index is 13.6. The molecule has 0 radical (unpaired) electrons. The highest BCUT2D eigenvalue weighted by Crippen LogP contribution is 2.31. The first-order valence-corrected chi connectivity index (χ1v) is 11.4. The lowest BCUT2D eigenvalue weighted by Gasteiger charge is -2.20. The van der Waals surface area contributed by atoms with E-state index >= 15 is 0 Å². The van der Waals surface area contributed by atoms with Crippen LogP contribution in [0.3, 0.4) is 0 Å². The van der Waals surface area contributed by atoms with Crippen LogP contribution >= 0.6 is 0 Å². The van der Waals surface area contributed by atoms with Crippen molar-refractivity contribution in [1.29, 1.82) is 0 Å². The number of para-hydroxylation sites is 1. The maximum atomic E-state index is 13.6. The Balaban J connectivity index is 1.40. The van der Waals surface area contributed by atoms with Gasteiger partial charge in [0.05, 0.1) is 0 Å². The largest absolute Gasteiger partial charge is 0.370 e. The summed E-state index contributed by atoms with van der Waals surface area (Å²) in [5.74, 6) is -0.0805. The van der Waals surface area contributed by atoms with Crippen molar-refractivity contribution in [2.24, 2.45) is 0 Å². The number of amides is 1. The van der Waals surface area contributed by atoms with Crippen molar-refractivity contribution in [3.05, 3.63) is 119 Å². The number of benzene rings is 3. The van der Waals surface area contributed by atoms with Gasteiger partial charge in [-0.05, 0) is 73.5 Å². The first-order valence-electron chi connectivity index (χ1n) is 11.4. The van der Waals surface area contributed by atoms with E-state index in [2.05, 4.69) is 16.0 Å². The maximum Gasteiger partial charge on any atom is 0.258 e. The van der Waals surface area contributed by atoms with Crippen molar-refractivity contribution in [2.75, 3.05) is 17.3 Å². The molecule has 0 fully saturated rings. The minimum atomic E-state index is -0.487. The van der Waals surface area contributed by atoms with Crippen LogP contribution in [0.4, 0.5) is 11.4 Å². The third kappa shape index (κ3) is 3.90. The molecule has 5 rings (SSSR count). The van der Waals surface area contributed by atoms with Crippen molar-refractivity contribution in [3.63, 3.8) is 0 Å². The van der Waals surface area contributed by atoms with E-state index in [1.165, 1.54) is 0 Å². The molecule has 1 unspecified atom stereocenters. The lowest BCUT2D eigenvalue weighted by Crippen LogP contribution is -2.27. The summed E-state index contributed by atoms with van der Waals surface area (Å²) in [6.07, 6.45) is 2.01. The number of carbonyl (C=O) groups is 2. The van der Waals surface area contributed by atoms with Gasteiger partial charge in [-0.2, -0.15) is 0 Å². The van der Waals surface area contributed by atoms with Crippen molar-refractivity contribution in [1.82, 2.24) is 4.57 Å². The summed E-state index contributed by atoms with van der Waals surface area (Å²) in [6.45, 7) is 4.68. The molecule has 0 saturated carbocycles. The van der Waals surface area contributed by atoms with Crippen LogP contribution in [0.15, 0.2) is 85.1 Å². The highest BCUT2D eigenvalue weighted by molar-refractivity contribution is 6.07. The molecule has 0 aliphatic carbocycles. The Morgan fingerprint density at radius 3 is 2.47 bits per heavy atom. The number of hydrogen-bond acceptors (Lipinski definition) is 3. The Kier molecular flexibility index (Phi) is 5.54. The topological polar surface area (TPSA) is 54.3 Å². The number of hydrogen-bond donors (Lipinski definition) is 1. The number of Topliss-reactive ketones (excluding diaryl/α,β-unsaturated/α-hetero) is 1. The molecule has 1 aromatic heterocycles. The standard InChI is InChI=1S/C29H27N3O2/c1-19-10-15-24(20(2)17-19)29(34)31(3)23-13-11-21(12-14-23)28(33)27-26-9-6-16-32(26)18-22-7-4-5-8-25(22)30-27/h4-17,27,30H,18H2,1-3H3. The van der Waals surface area contributed by atoms with Crippen LogP contribution in [0.1, 0.15) is 49.1 Å². The van der Waals surface area contributed by atoms with E-state index in [1.807, 2.05) is 80.7 Å². The molecule has 5 nitrogen and oxygen atoms in total. The molecule has 0 saturated heterocycles. The van der Waals surface area contributed by atoms with Gasteiger partial charge in [0.25, 0.3) is 5.91 Å². The minimum absolute atomic E-state index is 0.00781. The predicted octanol–water partition coefficient (Wildman–Crippen LogP) is 5.78. The zero-order valence-corrected chi connectivity index (χ0v) is 19.6. The second kappa shape index (κ2) is 8.67. The fourth-order valence-electron chi connectivity index (χ4n) is 4.61. The number of ketones is 1. The Labute approximate surface area is 199 Å². The average molecular weight is 450 g/mol. The molecule has 34 heavy (non-hydrogen) atoms. The van der Waals surface area contributed by atoms with Crippen molar-refractivity contribution in [3.8, 4) is 0 Å². The highest BCUT2D eigenvalue weighted by Gasteiger charge is 2.28. The van der Waals surface area contributed by atoms with Crippen LogP contribution in [0.25, 0.3) is 0 Å². The number of rotatable bonds is 4. The molecule has 4 aromatic rings. The number of anilines is 2. The average Bonchev–Trinajstić information content (AvgIpc) is 3.24. The molecular weight excluding hydrogens is 422 g/mol. The van der Waals surface area contributed by atoms with Gasteiger partial charge in [-0.1, -0.05) is 35.9 Å². The number of carbonyl (C=O) groups excluding carboxylic acids is 2. The molecule has 1 N–H and O–H groups in total. The highest BCUT2D eigenvalue weighted by atomic mass is 16.2. The Morgan fingerprint density at radius 1 is 0.941 bits per heavy atom. The van der Waals surface area contributed by atoms with E-state index in [-0.39, 0.29) is 11.7 Å². The molecule has 1 aliphatic rings. The number of aryl methyl sites for hydroxylation is 2. The monoisotopic (exact) mass is 449 g/mol. The van der Waals surface area contributed by atoms with Crippen LogP contribution in [0.2, 0.25) is 0 Å². The van der Waals surface area contributed by atoms with E-state index < -0.39 is 6.04 Å². The van der Waals surface area contributed by atoms with Gasteiger partial charge in [0.2, 0.25) is 0 Å². The molecule has 5 heteroatoms. The Bertz CT molecular complexity index is 1380. The van der Waals surface area contributed by atoms with E-state index in [9.17, 15) is 9.59 Å². The molecule has 1 aliphatic heterocycles. The van der Waals surface area contributed by atoms with Crippen LogP contribution in [0.5, 0.6) is 0 Å². The number of fused-ring (bicyclic) bond motifs is 2. The van der Waals surface area contributed by atoms with Crippen LogP contribution in [0, 0.1) is 13.8 Å². The third-order valence-corrected chi connectivity index (χ3v) is 6.54. The molecule has 0 spiro atoms. The van der Waals surface area contributed by atoms with Crippen molar-refractivity contribution in [2.45, 2.75) is 26.4 Å². The fourth-order valence-corrected chi connectivity index (χ4v) is 4.61. The van der Waals surface area contributed by atoms with Gasteiger partial charge in [-0.3, -0.25) is 9.59 Å². The van der Waals surface area contributed by atoms with Gasteiger partial charge in [0, 0.05) is 48.0 Å². The summed E-state index contributed by atoms with van der Waals surface area (Å²) in [6, 6.07) is 24.7. The summed E-state index contributed by atoms with van der Waals surface area (Å²) >= 11 is 0. The van der Waals surface area contributed by atoms with E-state index in [1.54, 1.807) is 24.1 Å². The molecule has 2 heterocycles. The summed E-state index contributed by atoms with van der Waals surface area (Å²) in [5, 5.41) is 3.45. The summed E-state index contributed by atoms with van der Waals surface area (Å²) in [7, 11) is 1.76. The van der Waals surface area contributed by atoms with Crippen LogP contribution < -0.4 is 10.2 Å². The van der Waals surface area contributed by atoms with Crippen LogP contribution in [-0.4, -0.2) is 23.3 Å². The van der Waals surface area contributed by atoms with Gasteiger partial charge in [-0.15, -0.1) is 0 Å². The van der Waals surface area contributed by atoms with Gasteiger partial charge in [0.15, 0.2) is 5.78 Å². The molecule has 1 amide bonds. The van der Waals surface area contributed by atoms with E-state index in [0.29, 0.717) is 11.1 Å². The lowest BCUT2D eigenvalue weighted by molar-refractivity contribution is 0.0966. The Hall–Kier alpha value is -4.12. The molecule has 170 valence electrons. The minimum Gasteiger partial charge on any atom is -0.370 e. The summed E-state index contributed by atoms with van der Waals surface area (Å²) < 4.78 is 2.12. The van der Waals surface area contributed by atoms with E-state index in [0.717, 1.165) is 40.3 Å². The first kappa shape index (κ1) is 21.7. The SMILES string of the molecule is Cc1ccc(C(=O)N(C)c2ccc(C(=O)C3Nc4ccccc4Cn4cccc43)cc2)c(C)c1. The second-order valence-electron chi connectivity index (χ2n) is 8.89. The first-order chi connectivity index (χ1) is 16.4. The van der Waals surface area contributed by atoms with Crippen molar-refractivity contribution < 1.29 is 9.59 Å². The number of aromatic nitrogens is 1. The predicted molar refractivity (Wildman–Crippen MR) is 136 cm³/mol. The number of nitrogens with zero attached hydrogens (tertiary/aromatic N) is 2. The summed E-state index contributed by atoms with van der Waals surface area (Å²) in [4.78, 5) is 28.3. The van der Waals surface area contributed by atoms with Gasteiger partial charge in [-0.25, -0.2) is 0 Å². The van der Waals surface area contributed by atoms with Gasteiger partial charge >= 0.3 is 0 Å². The normalized spacial score (nSPS) is 14.4. The molecule has 0 bridgehead atoms. The Morgan fingerprint density at radius 2 is 1.71 bits per heavy atom. The molecule has 3 aromatic carbocycles. The summed E-state index contributed by atoms with van der Waals surface area (Å²) in [5.41, 5.74) is 7.15. The smallest absolute Gasteiger partial charge is 0.258 e. The quantitative estimate of drug-likeness (QED) is 0.402. The zero-order valence-electron chi connectivity index (χ0n) is 19.6. The van der Waals surface area contributed by atoms with E-state index in [4.69, 9.17) is 0 Å². The lowest BCUT2D eigenvalue weighted by atomic mass is 10.0. The van der Waals surface area contributed by atoms with Crippen molar-refractivity contribution >= 4 is 23.1 Å². The van der Waals surface area contributed by atoms with Gasteiger partial charge < -0.3 is 14.8 Å². The van der Waals surface area contributed by atoms with Gasteiger partial charge in [0.1, 0.15) is 6.04 Å². The second-order valence-corrected chi connectivity index (χ2v) is 8.89. The van der Waals surface area contributed by atoms with Crippen LogP contribution in [-0.2, 0) is 6.54 Å². The third-order valence-electron chi connectivity index (χ3n) is 6.54. The molecule has 1 atom stereocenters. The zero-order chi connectivity index (χ0) is 23.8. The fraction of sp³-hybridized carbons (Fsp3) is 0.172. The number of nitrogens with one attached hydrogen (secondary N) is 1. The molecular formula is C29H27N3O2.